The number of rotatable bonds is 5. The minimum Gasteiger partial charge on any atom is -0.462 e. The SMILES string of the molecule is CCCOC(=O)c1cc(-c2ccc(/C=C3\C(=O)N(C)C(=O)C(C#N)=C3C)o2)ccc1Cl. The molecule has 0 N–H and O–H groups in total. The third-order valence-electron chi connectivity index (χ3n) is 4.77. The molecule has 0 radical (unpaired) electrons. The van der Waals surface area contributed by atoms with E-state index in [0.717, 1.165) is 4.90 Å². The lowest BCUT2D eigenvalue weighted by Crippen LogP contribution is -2.39. The van der Waals surface area contributed by atoms with Crippen molar-refractivity contribution in [1.29, 1.82) is 5.26 Å². The Kier molecular flexibility index (Phi) is 6.42. The van der Waals surface area contributed by atoms with E-state index in [4.69, 9.17) is 20.8 Å². The van der Waals surface area contributed by atoms with E-state index in [-0.39, 0.29) is 21.7 Å². The average Bonchev–Trinajstić information content (AvgIpc) is 3.23. The predicted molar refractivity (Wildman–Crippen MR) is 114 cm³/mol. The van der Waals surface area contributed by atoms with Gasteiger partial charge in [-0.1, -0.05) is 18.5 Å². The highest BCUT2D eigenvalue weighted by Crippen LogP contribution is 2.30. The summed E-state index contributed by atoms with van der Waals surface area (Å²) in [7, 11) is 1.32. The number of hydrogen-bond donors (Lipinski definition) is 0. The van der Waals surface area contributed by atoms with Crippen molar-refractivity contribution < 1.29 is 23.5 Å². The van der Waals surface area contributed by atoms with Crippen LogP contribution in [-0.2, 0) is 14.3 Å². The van der Waals surface area contributed by atoms with Crippen LogP contribution >= 0.6 is 11.6 Å². The van der Waals surface area contributed by atoms with E-state index in [1.165, 1.54) is 13.1 Å². The van der Waals surface area contributed by atoms with E-state index in [1.807, 2.05) is 13.0 Å². The minimum absolute atomic E-state index is 0.0898. The lowest BCUT2D eigenvalue weighted by Gasteiger charge is -2.23. The summed E-state index contributed by atoms with van der Waals surface area (Å²) in [5.74, 6) is -0.878. The molecule has 1 aromatic carbocycles. The fourth-order valence-electron chi connectivity index (χ4n) is 3.03. The second-order valence-electron chi connectivity index (χ2n) is 6.87. The van der Waals surface area contributed by atoms with Gasteiger partial charge in [-0.25, -0.2) is 4.79 Å². The Hall–Kier alpha value is -3.63. The van der Waals surface area contributed by atoms with Crippen LogP contribution in [0.3, 0.4) is 0 Å². The lowest BCUT2D eigenvalue weighted by molar-refractivity contribution is -0.138. The van der Waals surface area contributed by atoms with Crippen molar-refractivity contribution in [2.75, 3.05) is 13.7 Å². The fourth-order valence-corrected chi connectivity index (χ4v) is 3.23. The molecule has 2 amide bonds. The molecule has 8 heteroatoms. The first-order valence-electron chi connectivity index (χ1n) is 9.50. The molecule has 1 aromatic heterocycles. The lowest BCUT2D eigenvalue weighted by atomic mass is 9.95. The molecule has 0 atom stereocenters. The number of likely N-dealkylation sites (N-methyl/N-ethyl adjacent to an activating group) is 1. The zero-order valence-corrected chi connectivity index (χ0v) is 17.9. The van der Waals surface area contributed by atoms with Crippen LogP contribution in [0.5, 0.6) is 0 Å². The van der Waals surface area contributed by atoms with Gasteiger partial charge in [-0.2, -0.15) is 5.26 Å². The van der Waals surface area contributed by atoms with Crippen LogP contribution in [0.25, 0.3) is 17.4 Å². The highest BCUT2D eigenvalue weighted by atomic mass is 35.5. The number of carbonyl (C=O) groups is 3. The molecule has 158 valence electrons. The van der Waals surface area contributed by atoms with Crippen LogP contribution in [-0.4, -0.2) is 36.3 Å². The highest BCUT2D eigenvalue weighted by molar-refractivity contribution is 6.33. The number of carbonyl (C=O) groups excluding carboxylic acids is 3. The second-order valence-corrected chi connectivity index (χ2v) is 7.28. The molecule has 3 rings (SSSR count). The highest BCUT2D eigenvalue weighted by Gasteiger charge is 2.33. The van der Waals surface area contributed by atoms with Gasteiger partial charge in [0.25, 0.3) is 11.8 Å². The van der Waals surface area contributed by atoms with Gasteiger partial charge in [-0.05, 0) is 55.3 Å². The Morgan fingerprint density at radius 1 is 1.26 bits per heavy atom. The predicted octanol–water partition coefficient (Wildman–Crippen LogP) is 4.39. The first-order valence-corrected chi connectivity index (χ1v) is 9.88. The Balaban J connectivity index is 1.96. The van der Waals surface area contributed by atoms with Crippen molar-refractivity contribution in [3.8, 4) is 17.4 Å². The van der Waals surface area contributed by atoms with Gasteiger partial charge in [0.15, 0.2) is 0 Å². The fraction of sp³-hybridized carbons (Fsp3) is 0.217. The van der Waals surface area contributed by atoms with Crippen molar-refractivity contribution in [2.45, 2.75) is 20.3 Å². The quantitative estimate of drug-likeness (QED) is 0.390. The summed E-state index contributed by atoms with van der Waals surface area (Å²) < 4.78 is 11.0. The molecule has 0 unspecified atom stereocenters. The van der Waals surface area contributed by atoms with Crippen LogP contribution < -0.4 is 0 Å². The van der Waals surface area contributed by atoms with E-state index in [9.17, 15) is 19.6 Å². The molecule has 1 aliphatic rings. The van der Waals surface area contributed by atoms with Crippen LogP contribution in [0.1, 0.15) is 36.4 Å². The molecular weight excluding hydrogens is 420 g/mol. The average molecular weight is 439 g/mol. The summed E-state index contributed by atoms with van der Waals surface area (Å²) in [6.45, 7) is 3.73. The topological polar surface area (TPSA) is 101 Å². The number of halogens is 1. The molecule has 1 aliphatic heterocycles. The van der Waals surface area contributed by atoms with Gasteiger partial charge >= 0.3 is 5.97 Å². The second kappa shape index (κ2) is 9.02. The van der Waals surface area contributed by atoms with Crippen molar-refractivity contribution in [3.63, 3.8) is 0 Å². The third kappa shape index (κ3) is 4.30. The maximum absolute atomic E-state index is 12.5. The summed E-state index contributed by atoms with van der Waals surface area (Å²) in [6.07, 6.45) is 2.17. The minimum atomic E-state index is -0.633. The number of imide groups is 1. The number of amides is 2. The zero-order valence-electron chi connectivity index (χ0n) is 17.2. The molecule has 31 heavy (non-hydrogen) atoms. The van der Waals surface area contributed by atoms with E-state index in [1.54, 1.807) is 37.3 Å². The molecule has 0 saturated carbocycles. The van der Waals surface area contributed by atoms with E-state index in [2.05, 4.69) is 0 Å². The largest absolute Gasteiger partial charge is 0.462 e. The number of hydrogen-bond acceptors (Lipinski definition) is 6. The molecule has 0 spiro atoms. The summed E-state index contributed by atoms with van der Waals surface area (Å²) in [4.78, 5) is 37.7. The third-order valence-corrected chi connectivity index (χ3v) is 5.10. The molecule has 0 saturated heterocycles. The molecule has 2 heterocycles. The number of ether oxygens (including phenoxy) is 1. The summed E-state index contributed by atoms with van der Waals surface area (Å²) in [5.41, 5.74) is 1.22. The standard InChI is InChI=1S/C23H19ClN2O5/c1-4-9-30-23(29)17-10-14(5-7-19(17)24)20-8-6-15(31-20)11-16-13(2)18(12-25)22(28)26(3)21(16)27/h5-8,10-11H,4,9H2,1-3H3/b16-11-. The van der Waals surface area contributed by atoms with Crippen LogP contribution in [0.2, 0.25) is 5.02 Å². The van der Waals surface area contributed by atoms with E-state index in [0.29, 0.717) is 35.7 Å². The van der Waals surface area contributed by atoms with Gasteiger partial charge < -0.3 is 9.15 Å². The smallest absolute Gasteiger partial charge is 0.339 e. The van der Waals surface area contributed by atoms with Gasteiger partial charge in [-0.15, -0.1) is 0 Å². The molecule has 0 fully saturated rings. The van der Waals surface area contributed by atoms with Crippen molar-refractivity contribution in [1.82, 2.24) is 4.90 Å². The summed E-state index contributed by atoms with van der Waals surface area (Å²) >= 11 is 6.13. The number of nitrogens with zero attached hydrogens (tertiary/aromatic N) is 2. The summed E-state index contributed by atoms with van der Waals surface area (Å²) in [6, 6.07) is 10.0. The van der Waals surface area contributed by atoms with E-state index >= 15 is 0 Å². The number of furan rings is 1. The Morgan fingerprint density at radius 3 is 2.68 bits per heavy atom. The van der Waals surface area contributed by atoms with Gasteiger partial charge in [-0.3, -0.25) is 14.5 Å². The van der Waals surface area contributed by atoms with Crippen molar-refractivity contribution >= 4 is 35.5 Å². The Bertz CT molecular complexity index is 1180. The van der Waals surface area contributed by atoms with Crippen LogP contribution in [0, 0.1) is 11.3 Å². The zero-order chi connectivity index (χ0) is 22.7. The molecule has 7 nitrogen and oxygen atoms in total. The first-order chi connectivity index (χ1) is 14.8. The Labute approximate surface area is 184 Å². The van der Waals surface area contributed by atoms with Crippen LogP contribution in [0.15, 0.2) is 51.5 Å². The monoisotopic (exact) mass is 438 g/mol. The summed E-state index contributed by atoms with van der Waals surface area (Å²) in [5, 5.41) is 9.52. The maximum atomic E-state index is 12.5. The number of esters is 1. The number of benzene rings is 1. The molecule has 0 bridgehead atoms. The van der Waals surface area contributed by atoms with Gasteiger partial charge in [0.1, 0.15) is 23.2 Å². The first kappa shape index (κ1) is 22.1. The van der Waals surface area contributed by atoms with Crippen LogP contribution in [0.4, 0.5) is 0 Å². The van der Waals surface area contributed by atoms with Crippen molar-refractivity contribution in [3.05, 3.63) is 63.4 Å². The maximum Gasteiger partial charge on any atom is 0.339 e. The molecule has 0 aliphatic carbocycles. The van der Waals surface area contributed by atoms with Gasteiger partial charge in [0.05, 0.1) is 17.2 Å². The molecular formula is C23H19ClN2O5. The van der Waals surface area contributed by atoms with Crippen molar-refractivity contribution in [2.24, 2.45) is 0 Å². The normalized spacial score (nSPS) is 15.5. The van der Waals surface area contributed by atoms with E-state index < -0.39 is 17.8 Å². The van der Waals surface area contributed by atoms with Gasteiger partial charge in [0, 0.05) is 18.2 Å². The van der Waals surface area contributed by atoms with Gasteiger partial charge in [0.2, 0.25) is 0 Å². The molecule has 2 aromatic rings. The Morgan fingerprint density at radius 2 is 2.00 bits per heavy atom. The number of nitriles is 1.